The van der Waals surface area contributed by atoms with Crippen LogP contribution >= 0.6 is 0 Å². The van der Waals surface area contributed by atoms with Crippen molar-refractivity contribution in [3.8, 4) is 0 Å². The number of hydrogen-bond acceptors (Lipinski definition) is 2. The molecule has 1 aliphatic rings. The van der Waals surface area contributed by atoms with Crippen molar-refractivity contribution in [3.63, 3.8) is 0 Å². The minimum absolute atomic E-state index is 0.263. The number of hydrogen-bond donors (Lipinski definition) is 3. The Balaban J connectivity index is 2.22. The average molecular weight is 256 g/mol. The Morgan fingerprint density at radius 1 is 1.22 bits per heavy atom. The summed E-state index contributed by atoms with van der Waals surface area (Å²) < 4.78 is 0. The van der Waals surface area contributed by atoms with E-state index in [0.717, 1.165) is 0 Å². The zero-order valence-corrected chi connectivity index (χ0v) is 11.2. The molecule has 2 unspecified atom stereocenters. The average Bonchev–Trinajstić information content (AvgIpc) is 2.36. The molecule has 0 bridgehead atoms. The van der Waals surface area contributed by atoms with Crippen molar-refractivity contribution < 1.29 is 14.7 Å². The Labute approximate surface area is 108 Å². The third kappa shape index (κ3) is 4.94. The largest absolute Gasteiger partial charge is 0.481 e. The Morgan fingerprint density at radius 2 is 1.83 bits per heavy atom. The van der Waals surface area contributed by atoms with Gasteiger partial charge in [0.1, 0.15) is 0 Å². The molecule has 1 rings (SSSR count). The molecule has 0 aromatic carbocycles. The van der Waals surface area contributed by atoms with Crippen LogP contribution < -0.4 is 10.6 Å². The third-order valence-electron chi connectivity index (χ3n) is 3.77. The quantitative estimate of drug-likeness (QED) is 0.703. The first-order valence-electron chi connectivity index (χ1n) is 6.78. The number of aliphatic carboxylic acids is 1. The van der Waals surface area contributed by atoms with Gasteiger partial charge in [-0.2, -0.15) is 0 Å². The molecule has 0 radical (unpaired) electrons. The maximum Gasteiger partial charge on any atom is 0.315 e. The van der Waals surface area contributed by atoms with Gasteiger partial charge in [0.15, 0.2) is 0 Å². The first-order chi connectivity index (χ1) is 8.50. The fraction of sp³-hybridized carbons (Fsp3) is 0.846. The van der Waals surface area contributed by atoms with Crippen molar-refractivity contribution in [2.75, 3.05) is 6.54 Å². The number of carbonyl (C=O) groups is 2. The van der Waals surface area contributed by atoms with Crippen LogP contribution in [-0.2, 0) is 4.79 Å². The molecule has 104 valence electrons. The molecule has 0 heterocycles. The van der Waals surface area contributed by atoms with Gasteiger partial charge in [-0.05, 0) is 32.6 Å². The summed E-state index contributed by atoms with van der Waals surface area (Å²) in [6, 6.07) is -0.630. The molecule has 1 saturated carbocycles. The second-order valence-corrected chi connectivity index (χ2v) is 5.27. The van der Waals surface area contributed by atoms with Gasteiger partial charge in [-0.3, -0.25) is 4.79 Å². The number of rotatable bonds is 5. The standard InChI is InChI=1S/C13H24N2O3/c1-9(12(16)17)10(2)15-13(18)14-8-11-6-4-3-5-7-11/h9-11H,3-8H2,1-2H3,(H,16,17)(H2,14,15,18). The van der Waals surface area contributed by atoms with Crippen LogP contribution in [0.1, 0.15) is 46.0 Å². The lowest BCUT2D eigenvalue weighted by Gasteiger charge is -2.23. The van der Waals surface area contributed by atoms with E-state index in [1.807, 2.05) is 0 Å². The molecule has 5 heteroatoms. The summed E-state index contributed by atoms with van der Waals surface area (Å²) in [4.78, 5) is 22.4. The second-order valence-electron chi connectivity index (χ2n) is 5.27. The molecule has 18 heavy (non-hydrogen) atoms. The Kier molecular flexibility index (Phi) is 5.95. The van der Waals surface area contributed by atoms with Crippen LogP contribution in [0, 0.1) is 11.8 Å². The first-order valence-corrected chi connectivity index (χ1v) is 6.78. The van der Waals surface area contributed by atoms with E-state index in [9.17, 15) is 9.59 Å². The predicted octanol–water partition coefficient (Wildman–Crippen LogP) is 1.98. The highest BCUT2D eigenvalue weighted by molar-refractivity contribution is 5.76. The molecule has 1 aliphatic carbocycles. The SMILES string of the molecule is CC(NC(=O)NCC1CCCCC1)C(C)C(=O)O. The maximum absolute atomic E-state index is 11.6. The fourth-order valence-electron chi connectivity index (χ4n) is 2.22. The van der Waals surface area contributed by atoms with Crippen LogP contribution in [0.3, 0.4) is 0 Å². The molecule has 5 nitrogen and oxygen atoms in total. The summed E-state index contributed by atoms with van der Waals surface area (Å²) in [7, 11) is 0. The van der Waals surface area contributed by atoms with E-state index >= 15 is 0 Å². The van der Waals surface area contributed by atoms with Crippen LogP contribution in [-0.4, -0.2) is 29.7 Å². The number of urea groups is 1. The van der Waals surface area contributed by atoms with Gasteiger partial charge in [0, 0.05) is 12.6 Å². The van der Waals surface area contributed by atoms with Crippen molar-refractivity contribution in [2.24, 2.45) is 11.8 Å². The number of carboxylic acid groups (broad SMARTS) is 1. The summed E-state index contributed by atoms with van der Waals surface area (Å²) in [6.45, 7) is 3.99. The van der Waals surface area contributed by atoms with Crippen molar-refractivity contribution in [3.05, 3.63) is 0 Å². The molecular weight excluding hydrogens is 232 g/mol. The monoisotopic (exact) mass is 256 g/mol. The molecule has 0 aliphatic heterocycles. The zero-order chi connectivity index (χ0) is 13.5. The van der Waals surface area contributed by atoms with E-state index in [1.54, 1.807) is 13.8 Å². The highest BCUT2D eigenvalue weighted by Crippen LogP contribution is 2.22. The number of amides is 2. The van der Waals surface area contributed by atoms with E-state index in [-0.39, 0.29) is 12.1 Å². The highest BCUT2D eigenvalue weighted by atomic mass is 16.4. The summed E-state index contributed by atoms with van der Waals surface area (Å²) in [5.41, 5.74) is 0. The van der Waals surface area contributed by atoms with E-state index in [0.29, 0.717) is 12.5 Å². The van der Waals surface area contributed by atoms with Crippen LogP contribution in [0.5, 0.6) is 0 Å². The minimum atomic E-state index is -0.893. The zero-order valence-electron chi connectivity index (χ0n) is 11.2. The maximum atomic E-state index is 11.6. The minimum Gasteiger partial charge on any atom is -0.481 e. The van der Waals surface area contributed by atoms with Gasteiger partial charge >= 0.3 is 12.0 Å². The van der Waals surface area contributed by atoms with E-state index < -0.39 is 11.9 Å². The summed E-state index contributed by atoms with van der Waals surface area (Å²) >= 11 is 0. The summed E-state index contributed by atoms with van der Waals surface area (Å²) in [5, 5.41) is 14.3. The molecule has 3 N–H and O–H groups in total. The Morgan fingerprint density at radius 3 is 2.39 bits per heavy atom. The summed E-state index contributed by atoms with van der Waals surface area (Å²) in [6.07, 6.45) is 6.17. The van der Waals surface area contributed by atoms with Crippen LogP contribution in [0.4, 0.5) is 4.79 Å². The second kappa shape index (κ2) is 7.24. The van der Waals surface area contributed by atoms with Gasteiger partial charge in [0.05, 0.1) is 5.92 Å². The van der Waals surface area contributed by atoms with Crippen molar-refractivity contribution in [1.82, 2.24) is 10.6 Å². The lowest BCUT2D eigenvalue weighted by atomic mass is 9.89. The Bertz CT molecular complexity index is 288. The smallest absolute Gasteiger partial charge is 0.315 e. The van der Waals surface area contributed by atoms with Gasteiger partial charge in [-0.25, -0.2) is 4.79 Å². The normalized spacial score (nSPS) is 19.9. The van der Waals surface area contributed by atoms with Crippen molar-refractivity contribution in [2.45, 2.75) is 52.0 Å². The van der Waals surface area contributed by atoms with Crippen molar-refractivity contribution in [1.29, 1.82) is 0 Å². The van der Waals surface area contributed by atoms with Gasteiger partial charge < -0.3 is 15.7 Å². The Hall–Kier alpha value is -1.26. The molecular formula is C13H24N2O3. The van der Waals surface area contributed by atoms with Crippen LogP contribution in [0.2, 0.25) is 0 Å². The topological polar surface area (TPSA) is 78.4 Å². The first kappa shape index (κ1) is 14.8. The highest BCUT2D eigenvalue weighted by Gasteiger charge is 2.21. The summed E-state index contributed by atoms with van der Waals surface area (Å²) in [5.74, 6) is -0.891. The fourth-order valence-corrected chi connectivity index (χ4v) is 2.22. The van der Waals surface area contributed by atoms with E-state index in [2.05, 4.69) is 10.6 Å². The van der Waals surface area contributed by atoms with E-state index in [1.165, 1.54) is 32.1 Å². The predicted molar refractivity (Wildman–Crippen MR) is 69.4 cm³/mol. The van der Waals surface area contributed by atoms with Gasteiger partial charge in [-0.15, -0.1) is 0 Å². The van der Waals surface area contributed by atoms with Gasteiger partial charge in [-0.1, -0.05) is 19.3 Å². The van der Waals surface area contributed by atoms with Gasteiger partial charge in [0.2, 0.25) is 0 Å². The molecule has 0 saturated heterocycles. The number of carboxylic acids is 1. The molecule has 0 aromatic heterocycles. The number of nitrogens with one attached hydrogen (secondary N) is 2. The van der Waals surface area contributed by atoms with Gasteiger partial charge in [0.25, 0.3) is 0 Å². The lowest BCUT2D eigenvalue weighted by molar-refractivity contribution is -0.141. The third-order valence-corrected chi connectivity index (χ3v) is 3.77. The molecule has 0 aromatic rings. The van der Waals surface area contributed by atoms with E-state index in [4.69, 9.17) is 5.11 Å². The molecule has 1 fully saturated rings. The van der Waals surface area contributed by atoms with Crippen LogP contribution in [0.15, 0.2) is 0 Å². The molecule has 2 amide bonds. The van der Waals surface area contributed by atoms with Crippen molar-refractivity contribution >= 4 is 12.0 Å². The lowest BCUT2D eigenvalue weighted by Crippen LogP contribution is -2.46. The molecule has 2 atom stereocenters. The van der Waals surface area contributed by atoms with Crippen LogP contribution in [0.25, 0.3) is 0 Å². The number of carbonyl (C=O) groups excluding carboxylic acids is 1. The molecule has 0 spiro atoms.